The number of hydrogen-bond acceptors (Lipinski definition) is 9. The SMILES string of the molecule is C.C=C(COCCP(=O)(O)O)C(=O)O.C=C(COCCP(=O)(O)OCC(C)O)C(=O)O.CC1CO1. The number of carboxylic acids is 2. The van der Waals surface area contributed by atoms with Crippen LogP contribution in [0.3, 0.4) is 0 Å². The van der Waals surface area contributed by atoms with Crippen molar-refractivity contribution in [2.75, 3.05) is 52.0 Å². The van der Waals surface area contributed by atoms with Crippen LogP contribution in [0.4, 0.5) is 0 Å². The van der Waals surface area contributed by atoms with Gasteiger partial charge in [0.05, 0.1) is 75.3 Å². The van der Waals surface area contributed by atoms with Crippen molar-refractivity contribution in [2.24, 2.45) is 0 Å². The summed E-state index contributed by atoms with van der Waals surface area (Å²) in [4.78, 5) is 46.5. The first-order valence-electron chi connectivity index (χ1n) is 9.75. The summed E-state index contributed by atoms with van der Waals surface area (Å²) in [5.74, 6) is -2.36. The van der Waals surface area contributed by atoms with E-state index >= 15 is 0 Å². The van der Waals surface area contributed by atoms with Gasteiger partial charge in [-0.25, -0.2) is 9.59 Å². The molecule has 1 saturated heterocycles. The van der Waals surface area contributed by atoms with Gasteiger partial charge in [0.25, 0.3) is 0 Å². The lowest BCUT2D eigenvalue weighted by atomic mass is 10.3. The van der Waals surface area contributed by atoms with Gasteiger partial charge in [0, 0.05) is 0 Å². The van der Waals surface area contributed by atoms with Crippen molar-refractivity contribution in [3.05, 3.63) is 24.3 Å². The van der Waals surface area contributed by atoms with Gasteiger partial charge in [-0.15, -0.1) is 0 Å². The largest absolute Gasteiger partial charge is 0.478 e. The van der Waals surface area contributed by atoms with Crippen LogP contribution in [0.15, 0.2) is 24.3 Å². The molecule has 1 fully saturated rings. The van der Waals surface area contributed by atoms with Crippen LogP contribution in [0.5, 0.6) is 0 Å². The maximum atomic E-state index is 11.3. The van der Waals surface area contributed by atoms with E-state index in [1.54, 1.807) is 0 Å². The zero-order chi connectivity index (χ0) is 26.9. The van der Waals surface area contributed by atoms with Crippen LogP contribution < -0.4 is 0 Å². The second kappa shape index (κ2) is 19.7. The maximum absolute atomic E-state index is 11.3. The van der Waals surface area contributed by atoms with Gasteiger partial charge in [-0.1, -0.05) is 20.6 Å². The number of ether oxygens (including phenoxy) is 3. The summed E-state index contributed by atoms with van der Waals surface area (Å²) in [6, 6.07) is 0. The molecule has 0 saturated carbocycles. The Morgan fingerprint density at radius 2 is 1.37 bits per heavy atom. The van der Waals surface area contributed by atoms with Crippen LogP contribution in [-0.4, -0.2) is 106 Å². The number of epoxide rings is 1. The molecular weight excluding hydrogens is 514 g/mol. The number of aliphatic hydroxyl groups is 1. The predicted octanol–water partition coefficient (Wildman–Crippen LogP) is 1.09. The molecule has 0 aromatic heterocycles. The van der Waals surface area contributed by atoms with Crippen molar-refractivity contribution in [3.8, 4) is 0 Å². The Morgan fingerprint density at radius 3 is 1.66 bits per heavy atom. The van der Waals surface area contributed by atoms with Crippen molar-refractivity contribution in [3.63, 3.8) is 0 Å². The van der Waals surface area contributed by atoms with Gasteiger partial charge in [0.2, 0.25) is 0 Å². The summed E-state index contributed by atoms with van der Waals surface area (Å²) in [5, 5.41) is 25.6. The van der Waals surface area contributed by atoms with Gasteiger partial charge in [0.15, 0.2) is 0 Å². The van der Waals surface area contributed by atoms with Gasteiger partial charge in [0.1, 0.15) is 0 Å². The molecule has 3 atom stereocenters. The topological polar surface area (TPSA) is 230 Å². The van der Waals surface area contributed by atoms with Crippen molar-refractivity contribution in [1.29, 1.82) is 0 Å². The van der Waals surface area contributed by atoms with E-state index in [0.717, 1.165) is 6.61 Å². The molecule has 0 radical (unpaired) electrons. The summed E-state index contributed by atoms with van der Waals surface area (Å²) < 4.78 is 40.4. The van der Waals surface area contributed by atoms with Crippen LogP contribution >= 0.6 is 15.2 Å². The van der Waals surface area contributed by atoms with Crippen LogP contribution in [0, 0.1) is 0 Å². The Labute approximate surface area is 204 Å². The zero-order valence-electron chi connectivity index (χ0n) is 19.1. The molecule has 1 aliphatic heterocycles. The van der Waals surface area contributed by atoms with E-state index in [0.29, 0.717) is 6.10 Å². The normalized spacial score (nSPS) is 16.6. The molecule has 0 bridgehead atoms. The highest BCUT2D eigenvalue weighted by Gasteiger charge is 2.20. The van der Waals surface area contributed by atoms with Crippen LogP contribution in [0.25, 0.3) is 0 Å². The first-order chi connectivity index (χ1) is 15.5. The van der Waals surface area contributed by atoms with Crippen molar-refractivity contribution in [2.45, 2.75) is 33.5 Å². The summed E-state index contributed by atoms with van der Waals surface area (Å²) in [5.41, 5.74) is -0.284. The number of aliphatic hydroxyl groups excluding tert-OH is 1. The van der Waals surface area contributed by atoms with Gasteiger partial charge in [-0.3, -0.25) is 9.13 Å². The van der Waals surface area contributed by atoms with Crippen LogP contribution in [-0.2, 0) is 37.5 Å². The Kier molecular flexibility index (Phi) is 21.5. The number of carbonyl (C=O) groups is 2. The van der Waals surface area contributed by atoms with E-state index in [-0.39, 0.29) is 57.8 Å². The van der Waals surface area contributed by atoms with Crippen LogP contribution in [0.2, 0.25) is 0 Å². The number of hydrogen-bond donors (Lipinski definition) is 6. The summed E-state index contributed by atoms with van der Waals surface area (Å²) in [6.07, 6.45) is -0.935. The van der Waals surface area contributed by atoms with E-state index in [4.69, 9.17) is 34.6 Å². The van der Waals surface area contributed by atoms with Crippen molar-refractivity contribution >= 4 is 27.1 Å². The van der Waals surface area contributed by atoms with Gasteiger partial charge in [-0.2, -0.15) is 0 Å². The molecule has 208 valence electrons. The zero-order valence-corrected chi connectivity index (χ0v) is 20.9. The molecule has 16 heteroatoms. The quantitative estimate of drug-likeness (QED) is 0.0723. The summed E-state index contributed by atoms with van der Waals surface area (Å²) in [6.45, 7) is 9.87. The molecule has 1 rings (SSSR count). The highest BCUT2D eigenvalue weighted by Crippen LogP contribution is 2.41. The molecule has 0 aliphatic carbocycles. The number of rotatable bonds is 15. The highest BCUT2D eigenvalue weighted by molar-refractivity contribution is 7.52. The minimum Gasteiger partial charge on any atom is -0.478 e. The third-order valence-corrected chi connectivity index (χ3v) is 5.29. The van der Waals surface area contributed by atoms with E-state index in [1.807, 2.05) is 0 Å². The van der Waals surface area contributed by atoms with Crippen LogP contribution in [0.1, 0.15) is 21.3 Å². The fourth-order valence-electron chi connectivity index (χ4n) is 1.26. The molecule has 3 unspecified atom stereocenters. The van der Waals surface area contributed by atoms with E-state index in [2.05, 4.69) is 29.3 Å². The molecule has 35 heavy (non-hydrogen) atoms. The summed E-state index contributed by atoms with van der Waals surface area (Å²) in [7, 11) is -7.84. The van der Waals surface area contributed by atoms with Crippen molar-refractivity contribution in [1.82, 2.24) is 0 Å². The summed E-state index contributed by atoms with van der Waals surface area (Å²) >= 11 is 0. The Balaban J connectivity index is -0.000000500. The monoisotopic (exact) mass is 552 g/mol. The van der Waals surface area contributed by atoms with Crippen molar-refractivity contribution < 1.29 is 67.5 Å². The Morgan fingerprint density at radius 1 is 1.00 bits per heavy atom. The first kappa shape index (κ1) is 38.1. The highest BCUT2D eigenvalue weighted by atomic mass is 31.2. The third-order valence-electron chi connectivity index (χ3n) is 3.22. The minimum atomic E-state index is -4.05. The Bertz CT molecular complexity index is 742. The predicted molar refractivity (Wildman–Crippen MR) is 127 cm³/mol. The molecule has 0 amide bonds. The molecule has 6 N–H and O–H groups in total. The maximum Gasteiger partial charge on any atom is 0.333 e. The fourth-order valence-corrected chi connectivity index (χ4v) is 2.57. The second-order valence-corrected chi connectivity index (χ2v) is 10.7. The molecule has 1 aliphatic rings. The van der Waals surface area contributed by atoms with E-state index in [9.17, 15) is 23.6 Å². The standard InChI is InChI=1S/C9H17O7P.C6H11O6P.C3H6O.CH4/c1-7(9(11)12)5-15-3-4-17(13,14)16-6-8(2)10;1-5(6(7)8)4-12-2-3-13(9,10)11;1-3-2-4-3;/h8,10H,1,3-6H2,2H3,(H,11,12)(H,13,14);1-4H2,(H,7,8)(H2,9,10,11);3H,2H2,1H3;1H4. The Hall–Kier alpha value is -1.44. The molecular formula is C19H38O14P2. The average Bonchev–Trinajstić information content (AvgIpc) is 3.49. The minimum absolute atomic E-state index is 0. The molecule has 0 spiro atoms. The van der Waals surface area contributed by atoms with Gasteiger partial charge in [-0.05, 0) is 13.8 Å². The average molecular weight is 552 g/mol. The molecule has 0 aromatic carbocycles. The lowest BCUT2D eigenvalue weighted by molar-refractivity contribution is -0.134. The molecule has 0 aromatic rings. The molecule has 1 heterocycles. The van der Waals surface area contributed by atoms with Gasteiger partial charge >= 0.3 is 27.1 Å². The lowest BCUT2D eigenvalue weighted by Crippen LogP contribution is -2.13. The fraction of sp³-hybridized carbons (Fsp3) is 0.684. The number of aliphatic carboxylic acids is 2. The molecule has 14 nitrogen and oxygen atoms in total. The van der Waals surface area contributed by atoms with Gasteiger partial charge < -0.3 is 48.7 Å². The smallest absolute Gasteiger partial charge is 0.333 e. The van der Waals surface area contributed by atoms with E-state index in [1.165, 1.54) is 6.92 Å². The van der Waals surface area contributed by atoms with E-state index < -0.39 is 39.4 Å². The second-order valence-electron chi connectivity index (χ2n) is 6.96. The first-order valence-corrected chi connectivity index (χ1v) is 13.3. The third kappa shape index (κ3) is 30.5. The number of carboxylic acid groups (broad SMARTS) is 2. The lowest BCUT2D eigenvalue weighted by Gasteiger charge is -2.13.